The molecular formula is C14H14ClNO2. The number of pyridine rings is 1. The highest BCUT2D eigenvalue weighted by Crippen LogP contribution is 2.30. The predicted molar refractivity (Wildman–Crippen MR) is 72.2 cm³/mol. The fraction of sp³-hybridized carbons (Fsp3) is 0.286. The van der Waals surface area contributed by atoms with Crippen LogP contribution in [-0.2, 0) is 10.2 Å². The van der Waals surface area contributed by atoms with E-state index in [1.54, 1.807) is 19.9 Å². The molecule has 0 fully saturated rings. The second-order valence-corrected chi connectivity index (χ2v) is 5.30. The maximum absolute atomic E-state index is 11.3. The number of benzene rings is 1. The number of carboxylic acids is 1. The third-order valence-electron chi connectivity index (χ3n) is 3.11. The number of nitrogens with zero attached hydrogens (tertiary/aromatic N) is 1. The van der Waals surface area contributed by atoms with Gasteiger partial charge in [0, 0.05) is 5.39 Å². The van der Waals surface area contributed by atoms with Crippen LogP contribution in [0.15, 0.2) is 24.3 Å². The van der Waals surface area contributed by atoms with Crippen molar-refractivity contribution in [1.29, 1.82) is 0 Å². The molecule has 0 amide bonds. The van der Waals surface area contributed by atoms with Gasteiger partial charge in [-0.15, -0.1) is 0 Å². The summed E-state index contributed by atoms with van der Waals surface area (Å²) in [7, 11) is 0. The zero-order valence-corrected chi connectivity index (χ0v) is 11.2. The van der Waals surface area contributed by atoms with Crippen molar-refractivity contribution in [2.24, 2.45) is 0 Å². The first kappa shape index (κ1) is 12.8. The van der Waals surface area contributed by atoms with Gasteiger partial charge in [0.15, 0.2) is 0 Å². The Balaban J connectivity index is 2.77. The summed E-state index contributed by atoms with van der Waals surface area (Å²) in [6.45, 7) is 5.16. The fourth-order valence-corrected chi connectivity index (χ4v) is 2.23. The number of halogens is 1. The number of carboxylic acid groups (broad SMARTS) is 1. The van der Waals surface area contributed by atoms with Gasteiger partial charge in [-0.1, -0.05) is 23.7 Å². The molecule has 0 saturated carbocycles. The van der Waals surface area contributed by atoms with Crippen molar-refractivity contribution in [3.63, 3.8) is 0 Å². The molecule has 0 aliphatic rings. The summed E-state index contributed by atoms with van der Waals surface area (Å²) in [6, 6.07) is 7.45. The lowest BCUT2D eigenvalue weighted by atomic mass is 9.86. The molecular weight excluding hydrogens is 250 g/mol. The van der Waals surface area contributed by atoms with Crippen LogP contribution in [0.2, 0.25) is 5.02 Å². The van der Waals surface area contributed by atoms with Crippen molar-refractivity contribution in [3.05, 3.63) is 40.5 Å². The van der Waals surface area contributed by atoms with Crippen LogP contribution in [0.5, 0.6) is 0 Å². The van der Waals surface area contributed by atoms with E-state index in [0.29, 0.717) is 16.2 Å². The van der Waals surface area contributed by atoms with E-state index in [2.05, 4.69) is 4.98 Å². The van der Waals surface area contributed by atoms with Crippen molar-refractivity contribution in [3.8, 4) is 0 Å². The van der Waals surface area contributed by atoms with Gasteiger partial charge in [0.25, 0.3) is 0 Å². The van der Waals surface area contributed by atoms with Gasteiger partial charge in [-0.05, 0) is 38.5 Å². The molecule has 94 valence electrons. The molecule has 2 aromatic rings. The Labute approximate surface area is 110 Å². The van der Waals surface area contributed by atoms with Crippen molar-refractivity contribution < 1.29 is 9.90 Å². The van der Waals surface area contributed by atoms with Crippen molar-refractivity contribution >= 4 is 28.5 Å². The molecule has 0 saturated heterocycles. The van der Waals surface area contributed by atoms with Gasteiger partial charge in [-0.25, -0.2) is 4.98 Å². The molecule has 1 N–H and O–H groups in total. The third kappa shape index (κ3) is 1.95. The van der Waals surface area contributed by atoms with Crippen molar-refractivity contribution in [1.82, 2.24) is 4.98 Å². The molecule has 0 atom stereocenters. The lowest BCUT2D eigenvalue weighted by Gasteiger charge is -2.21. The molecule has 0 bridgehead atoms. The van der Waals surface area contributed by atoms with Crippen LogP contribution >= 0.6 is 11.6 Å². The molecule has 1 aromatic heterocycles. The molecule has 1 aromatic carbocycles. The molecule has 0 aliphatic heterocycles. The van der Waals surface area contributed by atoms with Gasteiger partial charge in [0.05, 0.1) is 16.2 Å². The summed E-state index contributed by atoms with van der Waals surface area (Å²) < 4.78 is 0. The first-order valence-electron chi connectivity index (χ1n) is 5.64. The normalized spacial score (nSPS) is 11.8. The van der Waals surface area contributed by atoms with E-state index in [0.717, 1.165) is 10.9 Å². The van der Waals surface area contributed by atoms with Crippen LogP contribution in [0, 0.1) is 6.92 Å². The fourth-order valence-electron chi connectivity index (χ4n) is 2.00. The number of aliphatic carboxylic acids is 1. The number of carbonyl (C=O) groups is 1. The van der Waals surface area contributed by atoms with Gasteiger partial charge in [0.1, 0.15) is 5.41 Å². The average molecular weight is 264 g/mol. The summed E-state index contributed by atoms with van der Waals surface area (Å²) in [5.41, 5.74) is 1.03. The Morgan fingerprint density at radius 1 is 1.39 bits per heavy atom. The van der Waals surface area contributed by atoms with E-state index in [1.807, 2.05) is 25.1 Å². The highest BCUT2D eigenvalue weighted by atomic mass is 35.5. The van der Waals surface area contributed by atoms with E-state index in [-0.39, 0.29) is 0 Å². The Bertz CT molecular complexity index is 635. The number of rotatable bonds is 2. The van der Waals surface area contributed by atoms with E-state index < -0.39 is 11.4 Å². The van der Waals surface area contributed by atoms with Crippen LogP contribution < -0.4 is 0 Å². The van der Waals surface area contributed by atoms with Gasteiger partial charge in [-0.2, -0.15) is 0 Å². The Morgan fingerprint density at radius 3 is 2.67 bits per heavy atom. The van der Waals surface area contributed by atoms with E-state index >= 15 is 0 Å². The lowest BCUT2D eigenvalue weighted by molar-refractivity contribution is -0.142. The zero-order chi connectivity index (χ0) is 13.5. The Hall–Kier alpha value is -1.61. The van der Waals surface area contributed by atoms with Crippen LogP contribution in [0.1, 0.15) is 25.1 Å². The molecule has 0 unspecified atom stereocenters. The Kier molecular flexibility index (Phi) is 3.03. The number of aromatic nitrogens is 1. The topological polar surface area (TPSA) is 50.2 Å². The smallest absolute Gasteiger partial charge is 0.315 e. The Morgan fingerprint density at radius 2 is 2.06 bits per heavy atom. The standard InChI is InChI=1S/C14H14ClNO2/c1-8-7-9-5-4-6-10(15)11(9)16-12(8)14(2,3)13(17)18/h4-7H,1-3H3,(H,17,18). The minimum Gasteiger partial charge on any atom is -0.481 e. The quantitative estimate of drug-likeness (QED) is 0.901. The molecule has 4 heteroatoms. The van der Waals surface area contributed by atoms with Crippen molar-refractivity contribution in [2.75, 3.05) is 0 Å². The number of aryl methyl sites for hydroxylation is 1. The van der Waals surface area contributed by atoms with Gasteiger partial charge < -0.3 is 5.11 Å². The van der Waals surface area contributed by atoms with Crippen molar-refractivity contribution in [2.45, 2.75) is 26.2 Å². The lowest BCUT2D eigenvalue weighted by Crippen LogP contribution is -2.30. The maximum Gasteiger partial charge on any atom is 0.315 e. The molecule has 1 heterocycles. The molecule has 2 rings (SSSR count). The van der Waals surface area contributed by atoms with Crippen LogP contribution in [0.25, 0.3) is 10.9 Å². The van der Waals surface area contributed by atoms with Crippen LogP contribution in [0.4, 0.5) is 0 Å². The summed E-state index contributed by atoms with van der Waals surface area (Å²) in [4.78, 5) is 15.8. The second kappa shape index (κ2) is 4.25. The monoisotopic (exact) mass is 263 g/mol. The zero-order valence-electron chi connectivity index (χ0n) is 10.5. The minimum absolute atomic E-state index is 0.537. The molecule has 3 nitrogen and oxygen atoms in total. The first-order valence-corrected chi connectivity index (χ1v) is 6.01. The number of hydrogen-bond donors (Lipinski definition) is 1. The predicted octanol–water partition coefficient (Wildman–Crippen LogP) is 3.56. The molecule has 0 spiro atoms. The highest BCUT2D eigenvalue weighted by Gasteiger charge is 2.32. The SMILES string of the molecule is Cc1cc2cccc(Cl)c2nc1C(C)(C)C(=O)O. The summed E-state index contributed by atoms with van der Waals surface area (Å²) >= 11 is 6.10. The highest BCUT2D eigenvalue weighted by molar-refractivity contribution is 6.35. The minimum atomic E-state index is -1.03. The molecule has 0 aliphatic carbocycles. The van der Waals surface area contributed by atoms with E-state index in [1.165, 1.54) is 0 Å². The summed E-state index contributed by atoms with van der Waals surface area (Å²) in [6.07, 6.45) is 0. The largest absolute Gasteiger partial charge is 0.481 e. The van der Waals surface area contributed by atoms with Crippen LogP contribution in [-0.4, -0.2) is 16.1 Å². The number of hydrogen-bond acceptors (Lipinski definition) is 2. The van der Waals surface area contributed by atoms with Crippen LogP contribution in [0.3, 0.4) is 0 Å². The average Bonchev–Trinajstić information content (AvgIpc) is 2.28. The summed E-state index contributed by atoms with van der Waals surface area (Å²) in [5, 5.41) is 10.7. The van der Waals surface area contributed by atoms with E-state index in [4.69, 9.17) is 11.6 Å². The van der Waals surface area contributed by atoms with Gasteiger partial charge >= 0.3 is 5.97 Å². The maximum atomic E-state index is 11.3. The van der Waals surface area contributed by atoms with Gasteiger partial charge in [-0.3, -0.25) is 4.79 Å². The molecule has 0 radical (unpaired) electrons. The van der Waals surface area contributed by atoms with E-state index in [9.17, 15) is 9.90 Å². The van der Waals surface area contributed by atoms with Gasteiger partial charge in [0.2, 0.25) is 0 Å². The summed E-state index contributed by atoms with van der Waals surface area (Å²) in [5.74, 6) is -0.899. The first-order chi connectivity index (χ1) is 8.34. The third-order valence-corrected chi connectivity index (χ3v) is 3.42. The molecule has 18 heavy (non-hydrogen) atoms. The number of fused-ring (bicyclic) bond motifs is 1. The number of para-hydroxylation sites is 1. The second-order valence-electron chi connectivity index (χ2n) is 4.90.